The summed E-state index contributed by atoms with van der Waals surface area (Å²) in [4.78, 5) is 0. The lowest BCUT2D eigenvalue weighted by Gasteiger charge is -1.61. The van der Waals surface area contributed by atoms with Crippen LogP contribution in [-0.4, -0.2) is 13.1 Å². The molecule has 0 saturated carbocycles. The summed E-state index contributed by atoms with van der Waals surface area (Å²) in [5.41, 5.74) is 9.53. The second kappa shape index (κ2) is 1.58. The van der Waals surface area contributed by atoms with Gasteiger partial charge in [-0.2, -0.15) is 0 Å². The van der Waals surface area contributed by atoms with E-state index in [-0.39, 0.29) is 6.03 Å². The molecule has 0 aliphatic heterocycles. The summed E-state index contributed by atoms with van der Waals surface area (Å²) in [6, 6.07) is 0.00463. The molecule has 3 nitrogen and oxygen atoms in total. The van der Waals surface area contributed by atoms with Crippen molar-refractivity contribution in [3.05, 3.63) is 0 Å². The first-order chi connectivity index (χ1) is 2.27. The zero-order valence-electron chi connectivity index (χ0n) is 3.06. The highest BCUT2D eigenvalue weighted by Gasteiger charge is 1.81. The molecule has 0 aromatic carbocycles. The molecule has 0 spiro atoms. The third-order valence-electron chi connectivity index (χ3n) is 0.236. The number of urea groups is 1. The van der Waals surface area contributed by atoms with Crippen molar-refractivity contribution >= 4 is 6.03 Å². The van der Waals surface area contributed by atoms with Crippen molar-refractivity contribution in [1.82, 2.24) is 0 Å². The van der Waals surface area contributed by atoms with Crippen molar-refractivity contribution in [1.29, 1.82) is 0 Å². The molecule has 0 aliphatic rings. The molecule has 4 N–H and O–H groups in total. The van der Waals surface area contributed by atoms with Gasteiger partial charge in [0.05, 0.1) is 0 Å². The third-order valence-corrected chi connectivity index (χ3v) is 0.236. The Hall–Kier alpha value is -0.730. The maximum absolute atomic E-state index is 4.76. The van der Waals surface area contributed by atoms with E-state index in [9.17, 15) is 0 Å². The molecule has 0 aromatic rings. The number of nitrogens with two attached hydrogens (primary N) is 2. The molecule has 3 heteroatoms. The van der Waals surface area contributed by atoms with Gasteiger partial charge in [0.15, 0.2) is 0 Å². The Kier molecular flexibility index (Phi) is 1.35. The molecule has 0 bridgehead atoms. The lowest BCUT2D eigenvalue weighted by Crippen LogP contribution is -2.20. The van der Waals surface area contributed by atoms with Crippen molar-refractivity contribution in [2.75, 3.05) is 7.11 Å². The normalized spacial score (nSPS) is 6.60. The van der Waals surface area contributed by atoms with Gasteiger partial charge in [0.2, 0.25) is 0 Å². The zero-order valence-corrected chi connectivity index (χ0v) is 3.06. The van der Waals surface area contributed by atoms with Crippen LogP contribution in [-0.2, 0) is 0 Å². The fraction of sp³-hybridized carbons (Fsp3) is 0.500. The number of amides is 2. The van der Waals surface area contributed by atoms with E-state index >= 15 is 0 Å². The summed E-state index contributed by atoms with van der Waals surface area (Å²) in [7, 11) is 1.41. The molecule has 0 heterocycles. The van der Waals surface area contributed by atoms with Crippen LogP contribution in [0.5, 0.6) is 0 Å². The first-order valence-corrected chi connectivity index (χ1v) is 1.19. The minimum atomic E-state index is 0.00463. The van der Waals surface area contributed by atoms with Gasteiger partial charge in [0.1, 0.15) is 0 Å². The summed E-state index contributed by atoms with van der Waals surface area (Å²) in [5, 5.41) is 0. The average molecular weight is 75.1 g/mol. The fourth-order valence-electron chi connectivity index (χ4n) is 0. The number of rotatable bonds is 0. The highest BCUT2D eigenvalue weighted by atomic mass is 16.4. The van der Waals surface area contributed by atoms with Gasteiger partial charge in [-0.05, 0) is 0 Å². The van der Waals surface area contributed by atoms with Crippen LogP contribution in [0.15, 0.2) is 0 Å². The van der Waals surface area contributed by atoms with Gasteiger partial charge in [0, 0.05) is 0 Å². The Bertz CT molecular complexity index is 45.6. The first-order valence-electron chi connectivity index (χ1n) is 1.19. The quantitative estimate of drug-likeness (QED) is 0.354. The van der Waals surface area contributed by atoms with Gasteiger partial charge >= 0.3 is 6.03 Å². The van der Waals surface area contributed by atoms with Crippen molar-refractivity contribution < 1.29 is 4.42 Å². The van der Waals surface area contributed by atoms with Crippen LogP contribution in [0, 0.1) is 0 Å². The Balaban J connectivity index is 3.14. The standard InChI is InChI=1S/C2H7N2O/c1-5-2(3)4/h3-4H2,1H3/q+1. The van der Waals surface area contributed by atoms with Crippen LogP contribution < -0.4 is 11.5 Å². The van der Waals surface area contributed by atoms with E-state index < -0.39 is 0 Å². The van der Waals surface area contributed by atoms with Gasteiger partial charge in [-0.3, -0.25) is 0 Å². The summed E-state index contributed by atoms with van der Waals surface area (Å²) in [6.45, 7) is 0. The summed E-state index contributed by atoms with van der Waals surface area (Å²) in [6.07, 6.45) is 0. The molecule has 0 aliphatic carbocycles. The van der Waals surface area contributed by atoms with E-state index in [4.69, 9.17) is 11.5 Å². The zero-order chi connectivity index (χ0) is 4.28. The predicted molar refractivity (Wildman–Crippen MR) is 19.7 cm³/mol. The van der Waals surface area contributed by atoms with E-state index in [0.717, 1.165) is 0 Å². The summed E-state index contributed by atoms with van der Waals surface area (Å²) in [5.74, 6) is 0. The Morgan fingerprint density at radius 2 is 1.80 bits per heavy atom. The minimum absolute atomic E-state index is 0.00463. The second-order valence-corrected chi connectivity index (χ2v) is 0.606. The molecular weight excluding hydrogens is 68.0 g/mol. The lowest BCUT2D eigenvalue weighted by molar-refractivity contribution is -0.0815. The van der Waals surface area contributed by atoms with Crippen LogP contribution >= 0.6 is 0 Å². The van der Waals surface area contributed by atoms with Crippen LogP contribution in [0.3, 0.4) is 0 Å². The molecule has 5 heavy (non-hydrogen) atoms. The highest BCUT2D eigenvalue weighted by molar-refractivity contribution is 5.69. The van der Waals surface area contributed by atoms with Gasteiger partial charge < -0.3 is 11.5 Å². The van der Waals surface area contributed by atoms with Crippen LogP contribution in [0.2, 0.25) is 0 Å². The first kappa shape index (κ1) is 4.27. The van der Waals surface area contributed by atoms with E-state index in [0.29, 0.717) is 0 Å². The monoisotopic (exact) mass is 75.1 g/mol. The molecule has 0 saturated heterocycles. The smallest absolute Gasteiger partial charge is 0.303 e. The van der Waals surface area contributed by atoms with Crippen molar-refractivity contribution in [3.63, 3.8) is 0 Å². The number of carbonyl (C=O) groups excluding carboxylic acids is 1. The number of hydrogen-bond donors (Lipinski definition) is 2. The van der Waals surface area contributed by atoms with E-state index in [1.54, 1.807) is 0 Å². The topological polar surface area (TPSA) is 63.3 Å². The maximum Gasteiger partial charge on any atom is 0.494 e. The minimum Gasteiger partial charge on any atom is -0.303 e. The van der Waals surface area contributed by atoms with Crippen LogP contribution in [0.1, 0.15) is 0 Å². The average Bonchev–Trinajstić information content (AvgIpc) is 1.38. The molecule has 2 amide bonds. The molecular formula is C2H7N2O+. The van der Waals surface area contributed by atoms with E-state index in [1.165, 1.54) is 7.11 Å². The molecule has 30 valence electrons. The Morgan fingerprint density at radius 1 is 1.60 bits per heavy atom. The molecule has 0 unspecified atom stereocenters. The molecule has 0 aromatic heterocycles. The number of primary amides is 2. The van der Waals surface area contributed by atoms with Crippen LogP contribution in [0.25, 0.3) is 0 Å². The number of hydrogen-bond acceptors (Lipinski definition) is 0. The van der Waals surface area contributed by atoms with Crippen LogP contribution in [0.4, 0.5) is 4.42 Å². The fourth-order valence-corrected chi connectivity index (χ4v) is 0. The lowest BCUT2D eigenvalue weighted by atomic mass is 11.2. The molecule has 0 fully saturated rings. The van der Waals surface area contributed by atoms with Gasteiger partial charge in [-0.25, -0.2) is 4.42 Å². The van der Waals surface area contributed by atoms with Crippen molar-refractivity contribution in [2.45, 2.75) is 0 Å². The molecule has 0 rings (SSSR count). The van der Waals surface area contributed by atoms with E-state index in [2.05, 4.69) is 4.42 Å². The second-order valence-electron chi connectivity index (χ2n) is 0.606. The van der Waals surface area contributed by atoms with Crippen molar-refractivity contribution in [2.24, 2.45) is 11.5 Å². The van der Waals surface area contributed by atoms with Gasteiger partial charge in [-0.1, -0.05) is 0 Å². The molecule has 0 atom stereocenters. The Morgan fingerprint density at radius 3 is 1.80 bits per heavy atom. The largest absolute Gasteiger partial charge is 0.494 e. The third kappa shape index (κ3) is 3.27. The highest BCUT2D eigenvalue weighted by Crippen LogP contribution is 1.54. The summed E-state index contributed by atoms with van der Waals surface area (Å²) < 4.78 is 4.22. The maximum atomic E-state index is 4.76. The van der Waals surface area contributed by atoms with Gasteiger partial charge in [0.25, 0.3) is 7.11 Å². The molecule has 0 radical (unpaired) electrons. The van der Waals surface area contributed by atoms with Crippen molar-refractivity contribution in [3.8, 4) is 0 Å². The van der Waals surface area contributed by atoms with E-state index in [1.807, 2.05) is 0 Å². The summed E-state index contributed by atoms with van der Waals surface area (Å²) >= 11 is 0. The predicted octanol–water partition coefficient (Wildman–Crippen LogP) is -0.811. The SMILES string of the molecule is C[O+]=C(N)N. The van der Waals surface area contributed by atoms with Gasteiger partial charge in [-0.15, -0.1) is 0 Å². The Labute approximate surface area is 30.3 Å².